The minimum absolute atomic E-state index is 0.0203. The van der Waals surface area contributed by atoms with E-state index >= 15 is 0 Å². The van der Waals surface area contributed by atoms with Crippen LogP contribution in [0.1, 0.15) is 153 Å². The molecule has 1 aliphatic heterocycles. The average Bonchev–Trinajstić information content (AvgIpc) is 3.94. The molecule has 1 unspecified atom stereocenters. The zero-order valence-electron chi connectivity index (χ0n) is 36.4. The lowest BCUT2D eigenvalue weighted by atomic mass is 9.93. The van der Waals surface area contributed by atoms with E-state index in [1.807, 2.05) is 32.1 Å². The predicted octanol–water partition coefficient (Wildman–Crippen LogP) is 7.09. The normalized spacial score (nSPS) is 15.3. The molecule has 1 aliphatic carbocycles. The fourth-order valence-electron chi connectivity index (χ4n) is 9.10. The first-order valence-corrected chi connectivity index (χ1v) is 21.4. The molecule has 310 valence electrons. The van der Waals surface area contributed by atoms with E-state index in [1.165, 1.54) is 43.9 Å². The van der Waals surface area contributed by atoms with E-state index in [-0.39, 0.29) is 30.7 Å². The number of rotatable bonds is 16. The molecule has 2 atom stereocenters. The molecule has 4 N–H and O–H groups in total. The van der Waals surface area contributed by atoms with Gasteiger partial charge in [0.05, 0.1) is 18.4 Å². The number of aromatic nitrogens is 4. The number of fused-ring (bicyclic) bond motifs is 8. The molecule has 0 radical (unpaired) electrons. The Morgan fingerprint density at radius 3 is 2.24 bits per heavy atom. The standard InChI is InChI=1S/C49H64N4O5/c1-11-36-30(6)39-26-43-45(33(9)54)32(8)41(52-43)25-40-31(7)37(18-19-44(55)58-21-20-29(5)17-13-16-28(4)15-12-14-27(2)3)48(53-40)46-38(49(56)57-10)23-34-22-35(50-47(34)46)24-42(36)51-39/h20,22,24-28,38,50-53H,11-19,21,23H2,1-10H3/b29-20+,35-24?,39-26?,40-25?,41-25?,42-24?,43-26?,48-46?/t28?,38-/m0/s1. The molecule has 0 saturated heterocycles. The van der Waals surface area contributed by atoms with Gasteiger partial charge in [-0.05, 0) is 142 Å². The Labute approximate surface area is 343 Å². The van der Waals surface area contributed by atoms with Gasteiger partial charge in [0.1, 0.15) is 6.61 Å². The maximum atomic E-state index is 13.5. The maximum absolute atomic E-state index is 13.5. The Kier molecular flexibility index (Phi) is 13.4. The summed E-state index contributed by atoms with van der Waals surface area (Å²) >= 11 is 0. The zero-order valence-corrected chi connectivity index (χ0v) is 36.4. The molecule has 6 rings (SSSR count). The van der Waals surface area contributed by atoms with Crippen molar-refractivity contribution < 1.29 is 23.9 Å². The third-order valence-corrected chi connectivity index (χ3v) is 12.5. The number of H-pyrrole nitrogens is 4. The number of carbonyl (C=O) groups excluding carboxylic acids is 3. The van der Waals surface area contributed by atoms with E-state index in [2.05, 4.69) is 73.6 Å². The molecule has 9 nitrogen and oxygen atoms in total. The molecule has 4 aromatic heterocycles. The van der Waals surface area contributed by atoms with Crippen LogP contribution in [0, 0.1) is 38.5 Å². The molecule has 9 heteroatoms. The largest absolute Gasteiger partial charge is 0.469 e. The van der Waals surface area contributed by atoms with Crippen molar-refractivity contribution in [3.63, 3.8) is 0 Å². The molecule has 5 heterocycles. The molecule has 8 bridgehead atoms. The van der Waals surface area contributed by atoms with Gasteiger partial charge in [-0.25, -0.2) is 0 Å². The zero-order chi connectivity index (χ0) is 41.8. The number of allylic oxidation sites excluding steroid dienone is 1. The van der Waals surface area contributed by atoms with Gasteiger partial charge in [0.25, 0.3) is 0 Å². The van der Waals surface area contributed by atoms with Gasteiger partial charge in [0.15, 0.2) is 5.78 Å². The van der Waals surface area contributed by atoms with Gasteiger partial charge in [-0.2, -0.15) is 0 Å². The van der Waals surface area contributed by atoms with Crippen LogP contribution in [0.2, 0.25) is 0 Å². The summed E-state index contributed by atoms with van der Waals surface area (Å²) in [4.78, 5) is 54.4. The number of esters is 2. The van der Waals surface area contributed by atoms with Gasteiger partial charge in [-0.15, -0.1) is 0 Å². The Bertz CT molecular complexity index is 2480. The van der Waals surface area contributed by atoms with Gasteiger partial charge in [-0.3, -0.25) is 14.4 Å². The summed E-state index contributed by atoms with van der Waals surface area (Å²) in [7, 11) is 1.43. The highest BCUT2D eigenvalue weighted by molar-refractivity contribution is 5.96. The van der Waals surface area contributed by atoms with E-state index in [0.717, 1.165) is 109 Å². The van der Waals surface area contributed by atoms with Crippen LogP contribution in [0.25, 0.3) is 23.8 Å². The molecule has 58 heavy (non-hydrogen) atoms. The van der Waals surface area contributed by atoms with Crippen molar-refractivity contribution >= 4 is 41.5 Å². The molecule has 4 aromatic rings. The number of methoxy groups -OCH3 is 1. The van der Waals surface area contributed by atoms with Gasteiger partial charge in [-0.1, -0.05) is 59.0 Å². The lowest BCUT2D eigenvalue weighted by molar-refractivity contribution is -0.143. The molecule has 0 aromatic carbocycles. The number of ether oxygens (including phenoxy) is 2. The van der Waals surface area contributed by atoms with E-state index in [1.54, 1.807) is 6.92 Å². The summed E-state index contributed by atoms with van der Waals surface area (Å²) in [6.07, 6.45) is 17.4. The number of carbonyl (C=O) groups is 3. The van der Waals surface area contributed by atoms with Crippen LogP contribution in [0.4, 0.5) is 0 Å². The molecular formula is C49H64N4O5. The van der Waals surface area contributed by atoms with E-state index in [4.69, 9.17) is 9.47 Å². The summed E-state index contributed by atoms with van der Waals surface area (Å²) in [5.74, 6) is 0.367. The van der Waals surface area contributed by atoms with E-state index < -0.39 is 5.92 Å². The second-order valence-electron chi connectivity index (χ2n) is 17.2. The van der Waals surface area contributed by atoms with Crippen LogP contribution in [0.15, 0.2) is 17.7 Å². The van der Waals surface area contributed by atoms with Crippen molar-refractivity contribution in [2.45, 2.75) is 127 Å². The SMILES string of the molecule is CCc1c2[nH]c(c1C)C=c1[nH]c(c(C)c1C(C)=O)=Cc1[nH]c(c(CCC(=O)OC/C=C(\C)CCCC(C)CCCC(C)C)c1C)C1=c3[nH]c(cc3C[C@@H]1C(=O)OC)=C2. The second kappa shape index (κ2) is 18.3. The van der Waals surface area contributed by atoms with E-state index in [9.17, 15) is 14.4 Å². The summed E-state index contributed by atoms with van der Waals surface area (Å²) in [5.41, 5.74) is 12.4. The Morgan fingerprint density at radius 1 is 0.828 bits per heavy atom. The minimum atomic E-state index is -0.532. The Morgan fingerprint density at radius 2 is 1.53 bits per heavy atom. The van der Waals surface area contributed by atoms with Crippen LogP contribution < -0.4 is 21.4 Å². The fourth-order valence-corrected chi connectivity index (χ4v) is 9.10. The first-order valence-electron chi connectivity index (χ1n) is 21.4. The summed E-state index contributed by atoms with van der Waals surface area (Å²) < 4.78 is 11.1. The first-order chi connectivity index (χ1) is 27.7. The summed E-state index contributed by atoms with van der Waals surface area (Å²) in [5, 5.41) is 3.36. The average molecular weight is 789 g/mol. The lowest BCUT2D eigenvalue weighted by Gasteiger charge is -2.14. The molecule has 0 spiro atoms. The lowest BCUT2D eigenvalue weighted by Crippen LogP contribution is -2.22. The van der Waals surface area contributed by atoms with Gasteiger partial charge in [0, 0.05) is 56.4 Å². The maximum Gasteiger partial charge on any atom is 0.313 e. The van der Waals surface area contributed by atoms with Crippen LogP contribution in [-0.2, 0) is 38.3 Å². The number of hydrogen-bond acceptors (Lipinski definition) is 5. The highest BCUT2D eigenvalue weighted by Gasteiger charge is 2.35. The number of Topliss-reactive ketones (excluding diaryl/α,β-unsaturated/α-hetero) is 1. The van der Waals surface area contributed by atoms with Gasteiger partial charge in [0.2, 0.25) is 0 Å². The Hall–Kier alpha value is -5.05. The molecule has 0 saturated carbocycles. The molecule has 2 aliphatic rings. The number of aromatic amines is 4. The van der Waals surface area contributed by atoms with Crippen molar-refractivity contribution in [2.24, 2.45) is 17.8 Å². The first kappa shape index (κ1) is 42.6. The fraction of sp³-hybridized carbons (Fsp3) is 0.490. The predicted molar refractivity (Wildman–Crippen MR) is 232 cm³/mol. The highest BCUT2D eigenvalue weighted by Crippen LogP contribution is 2.34. The number of nitrogens with one attached hydrogen (secondary N) is 4. The minimum Gasteiger partial charge on any atom is -0.469 e. The van der Waals surface area contributed by atoms with Crippen molar-refractivity contribution in [3.8, 4) is 0 Å². The van der Waals surface area contributed by atoms with Crippen molar-refractivity contribution in [1.82, 2.24) is 19.9 Å². The third kappa shape index (κ3) is 9.14. The molecule has 0 fully saturated rings. The molecular weight excluding hydrogens is 725 g/mol. The smallest absolute Gasteiger partial charge is 0.313 e. The summed E-state index contributed by atoms with van der Waals surface area (Å²) in [6.45, 7) is 19.2. The van der Waals surface area contributed by atoms with Crippen molar-refractivity contribution in [2.75, 3.05) is 13.7 Å². The number of hydrogen-bond donors (Lipinski definition) is 4. The van der Waals surface area contributed by atoms with Gasteiger partial charge < -0.3 is 29.4 Å². The topological polar surface area (TPSA) is 133 Å². The monoisotopic (exact) mass is 788 g/mol. The quantitative estimate of drug-likeness (QED) is 0.0547. The molecule has 0 amide bonds. The summed E-state index contributed by atoms with van der Waals surface area (Å²) in [6, 6.07) is 2.12. The van der Waals surface area contributed by atoms with Crippen LogP contribution >= 0.6 is 0 Å². The van der Waals surface area contributed by atoms with E-state index in [0.29, 0.717) is 18.4 Å². The van der Waals surface area contributed by atoms with Gasteiger partial charge >= 0.3 is 11.9 Å². The third-order valence-electron chi connectivity index (χ3n) is 12.5. The van der Waals surface area contributed by atoms with Crippen LogP contribution in [0.5, 0.6) is 0 Å². The van der Waals surface area contributed by atoms with Crippen molar-refractivity contribution in [3.05, 3.63) is 101 Å². The second-order valence-corrected chi connectivity index (χ2v) is 17.2. The highest BCUT2D eigenvalue weighted by atomic mass is 16.5. The van der Waals surface area contributed by atoms with Crippen molar-refractivity contribution in [1.29, 1.82) is 0 Å². The Balaban J connectivity index is 1.35. The van der Waals surface area contributed by atoms with Crippen LogP contribution in [0.3, 0.4) is 0 Å². The van der Waals surface area contributed by atoms with Crippen LogP contribution in [-0.4, -0.2) is 51.4 Å². The number of ketones is 1.